The molecule has 0 aliphatic rings. The summed E-state index contributed by atoms with van der Waals surface area (Å²) in [5, 5.41) is 0. The number of halogens is 4. The van der Waals surface area contributed by atoms with E-state index in [-0.39, 0.29) is 0 Å². The average Bonchev–Trinajstić information content (AvgIpc) is 2.06. The molecule has 0 saturated carbocycles. The lowest BCUT2D eigenvalue weighted by Gasteiger charge is -2.07. The van der Waals surface area contributed by atoms with Gasteiger partial charge in [0, 0.05) is 16.9 Å². The summed E-state index contributed by atoms with van der Waals surface area (Å²) < 4.78 is 59.4. The Morgan fingerprint density at radius 3 is 2.40 bits per heavy atom. The normalized spacial score (nSPS) is 12.1. The van der Waals surface area contributed by atoms with Crippen LogP contribution in [0.25, 0.3) is 0 Å². The second-order valence-corrected chi connectivity index (χ2v) is 4.98. The minimum Gasteiger partial charge on any atom is -0.381 e. The van der Waals surface area contributed by atoms with Gasteiger partial charge >= 0.3 is 0 Å². The number of nitrogens with two attached hydrogens (primary N) is 1. The third kappa shape index (κ3) is 2.32. The van der Waals surface area contributed by atoms with Crippen LogP contribution >= 0.6 is 10.7 Å². The fraction of sp³-hybridized carbons (Fsp3) is 0.167. The van der Waals surface area contributed by atoms with Gasteiger partial charge in [-0.15, -0.1) is 0 Å². The molecule has 15 heavy (non-hydrogen) atoms. The molecule has 0 unspecified atom stereocenters. The Balaban J connectivity index is 3.65. The molecule has 0 saturated heterocycles. The summed E-state index contributed by atoms with van der Waals surface area (Å²) in [7, 11) is 0.166. The zero-order valence-corrected chi connectivity index (χ0v) is 8.49. The second kappa shape index (κ2) is 3.86. The van der Waals surface area contributed by atoms with Crippen LogP contribution in [0.1, 0.15) is 12.0 Å². The highest BCUT2D eigenvalue weighted by atomic mass is 35.7. The van der Waals surface area contributed by atoms with Crippen LogP contribution in [0.2, 0.25) is 0 Å². The highest BCUT2D eigenvalue weighted by Gasteiger charge is 2.28. The zero-order chi connectivity index (χ0) is 11.8. The Morgan fingerprint density at radius 2 is 2.00 bits per heavy atom. The van der Waals surface area contributed by atoms with Crippen LogP contribution in [0.3, 0.4) is 0 Å². The van der Waals surface area contributed by atoms with E-state index in [2.05, 4.69) is 4.98 Å². The molecule has 0 atom stereocenters. The molecule has 1 aromatic heterocycles. The Bertz CT molecular complexity index is 491. The van der Waals surface area contributed by atoms with Crippen molar-refractivity contribution in [3.63, 3.8) is 0 Å². The molecule has 1 rings (SSSR count). The molecule has 1 heterocycles. The maximum Gasteiger partial charge on any atom is 0.266 e. The van der Waals surface area contributed by atoms with Crippen LogP contribution in [0.4, 0.5) is 19.0 Å². The molecular formula is C6H4ClF3N2O2S. The highest BCUT2D eigenvalue weighted by Crippen LogP contribution is 2.31. The minimum absolute atomic E-state index is 0.471. The van der Waals surface area contributed by atoms with Crippen molar-refractivity contribution in [2.24, 2.45) is 0 Å². The lowest BCUT2D eigenvalue weighted by molar-refractivity contribution is 0.146. The average molecular weight is 261 g/mol. The van der Waals surface area contributed by atoms with Gasteiger partial charge in [-0.2, -0.15) is 0 Å². The molecule has 0 aliphatic carbocycles. The zero-order valence-electron chi connectivity index (χ0n) is 6.92. The summed E-state index contributed by atoms with van der Waals surface area (Å²) >= 11 is 0. The largest absolute Gasteiger partial charge is 0.381 e. The first-order valence-electron chi connectivity index (χ1n) is 3.42. The van der Waals surface area contributed by atoms with E-state index in [9.17, 15) is 21.6 Å². The lowest BCUT2D eigenvalue weighted by Crippen LogP contribution is -2.07. The molecule has 84 valence electrons. The summed E-state index contributed by atoms with van der Waals surface area (Å²) in [5.41, 5.74) is 3.82. The molecule has 0 amide bonds. The van der Waals surface area contributed by atoms with E-state index >= 15 is 0 Å². The molecule has 0 aromatic carbocycles. The minimum atomic E-state index is -4.63. The van der Waals surface area contributed by atoms with Crippen molar-refractivity contribution in [1.82, 2.24) is 4.98 Å². The van der Waals surface area contributed by atoms with Gasteiger partial charge in [0.05, 0.1) is 5.56 Å². The van der Waals surface area contributed by atoms with Crippen molar-refractivity contribution in [2.45, 2.75) is 11.3 Å². The number of pyridine rings is 1. The van der Waals surface area contributed by atoms with E-state index < -0.39 is 37.6 Å². The Morgan fingerprint density at radius 1 is 1.47 bits per heavy atom. The van der Waals surface area contributed by atoms with E-state index in [1.54, 1.807) is 0 Å². The van der Waals surface area contributed by atoms with E-state index in [0.717, 1.165) is 0 Å². The molecular weight excluding hydrogens is 257 g/mol. The van der Waals surface area contributed by atoms with E-state index in [1.807, 2.05) is 0 Å². The van der Waals surface area contributed by atoms with Gasteiger partial charge in [0.25, 0.3) is 15.5 Å². The van der Waals surface area contributed by atoms with Crippen molar-refractivity contribution >= 4 is 25.6 Å². The van der Waals surface area contributed by atoms with Crippen LogP contribution in [0.15, 0.2) is 11.1 Å². The van der Waals surface area contributed by atoms with E-state index in [0.29, 0.717) is 6.20 Å². The molecule has 9 heteroatoms. The molecule has 0 radical (unpaired) electrons. The van der Waals surface area contributed by atoms with Crippen LogP contribution in [-0.2, 0) is 9.05 Å². The number of hydrogen-bond acceptors (Lipinski definition) is 4. The number of alkyl halides is 2. The van der Waals surface area contributed by atoms with Crippen LogP contribution in [0.5, 0.6) is 0 Å². The summed E-state index contributed by atoms with van der Waals surface area (Å²) in [5.74, 6) is -2.37. The van der Waals surface area contributed by atoms with E-state index in [4.69, 9.17) is 16.4 Å². The number of anilines is 1. The number of rotatable bonds is 2. The number of nitrogen functional groups attached to an aromatic ring is 1. The Kier molecular flexibility index (Phi) is 3.10. The van der Waals surface area contributed by atoms with Crippen LogP contribution in [-0.4, -0.2) is 13.4 Å². The van der Waals surface area contributed by atoms with Gasteiger partial charge in [-0.05, 0) is 0 Å². The van der Waals surface area contributed by atoms with Gasteiger partial charge in [0.2, 0.25) is 0 Å². The highest BCUT2D eigenvalue weighted by molar-refractivity contribution is 8.13. The summed E-state index contributed by atoms with van der Waals surface area (Å²) in [4.78, 5) is 1.75. The monoisotopic (exact) mass is 260 g/mol. The molecule has 0 bridgehead atoms. The Hall–Kier alpha value is -1.02. The van der Waals surface area contributed by atoms with Gasteiger partial charge in [0.15, 0.2) is 11.6 Å². The lowest BCUT2D eigenvalue weighted by atomic mass is 10.3. The van der Waals surface area contributed by atoms with Gasteiger partial charge in [-0.25, -0.2) is 26.6 Å². The first-order chi connectivity index (χ1) is 6.75. The van der Waals surface area contributed by atoms with Crippen molar-refractivity contribution in [3.8, 4) is 0 Å². The number of aromatic nitrogens is 1. The first kappa shape index (κ1) is 12.1. The molecule has 4 nitrogen and oxygen atoms in total. The van der Waals surface area contributed by atoms with Gasteiger partial charge < -0.3 is 5.73 Å². The second-order valence-electron chi connectivity index (χ2n) is 2.48. The van der Waals surface area contributed by atoms with Crippen molar-refractivity contribution in [3.05, 3.63) is 17.6 Å². The molecule has 0 fully saturated rings. The molecule has 2 N–H and O–H groups in total. The van der Waals surface area contributed by atoms with Crippen LogP contribution < -0.4 is 5.73 Å². The third-order valence-corrected chi connectivity index (χ3v) is 2.87. The number of hydrogen-bond donors (Lipinski definition) is 1. The summed E-state index contributed by atoms with van der Waals surface area (Å²) in [6, 6.07) is 0. The van der Waals surface area contributed by atoms with Crippen LogP contribution in [0, 0.1) is 5.82 Å². The topological polar surface area (TPSA) is 73.0 Å². The smallest absolute Gasteiger partial charge is 0.266 e. The third-order valence-electron chi connectivity index (χ3n) is 1.51. The van der Waals surface area contributed by atoms with Crippen molar-refractivity contribution in [1.29, 1.82) is 0 Å². The summed E-state index contributed by atoms with van der Waals surface area (Å²) in [6.07, 6.45) is -2.74. The predicted molar refractivity (Wildman–Crippen MR) is 46.6 cm³/mol. The molecule has 0 aliphatic heterocycles. The fourth-order valence-electron chi connectivity index (χ4n) is 0.901. The van der Waals surface area contributed by atoms with E-state index in [1.165, 1.54) is 0 Å². The maximum absolute atomic E-state index is 13.1. The molecule has 1 aromatic rings. The van der Waals surface area contributed by atoms with Crippen molar-refractivity contribution in [2.75, 3.05) is 5.73 Å². The first-order valence-corrected chi connectivity index (χ1v) is 5.72. The number of nitrogens with zero attached hydrogens (tertiary/aromatic N) is 1. The van der Waals surface area contributed by atoms with Crippen molar-refractivity contribution < 1.29 is 21.6 Å². The maximum atomic E-state index is 13.1. The molecule has 0 spiro atoms. The van der Waals surface area contributed by atoms with Gasteiger partial charge in [0.1, 0.15) is 4.90 Å². The Labute approximate surface area is 87.3 Å². The fourth-order valence-corrected chi connectivity index (χ4v) is 2.11. The predicted octanol–water partition coefficient (Wildman–Crippen LogP) is 1.67. The standard InChI is InChI=1S/C6H4ClF3N2O2S/c7-15(13,14)4-2(5(9)10)1-12-6(11)3(4)8/h1,5H,(H2,11,12). The quantitative estimate of drug-likeness (QED) is 0.821. The van der Waals surface area contributed by atoms with Gasteiger partial charge in [-0.3, -0.25) is 0 Å². The van der Waals surface area contributed by atoms with Gasteiger partial charge in [-0.1, -0.05) is 0 Å². The summed E-state index contributed by atoms with van der Waals surface area (Å²) in [6.45, 7) is 0. The SMILES string of the molecule is Nc1ncc(C(F)F)c(S(=O)(=O)Cl)c1F.